The van der Waals surface area contributed by atoms with Crippen LogP contribution in [0, 0.1) is 11.6 Å². The van der Waals surface area contributed by atoms with Crippen LogP contribution in [0.5, 0.6) is 11.5 Å². The van der Waals surface area contributed by atoms with E-state index in [4.69, 9.17) is 44.1 Å². The molecule has 7 N–H and O–H groups in total. The molecule has 2 heterocycles. The van der Waals surface area contributed by atoms with Crippen LogP contribution >= 0.6 is 23.2 Å². The predicted octanol–water partition coefficient (Wildman–Crippen LogP) is 7.40. The van der Waals surface area contributed by atoms with E-state index in [0.717, 1.165) is 11.1 Å². The molecule has 0 fully saturated rings. The third-order valence-corrected chi connectivity index (χ3v) is 10.4. The zero-order valence-electron chi connectivity index (χ0n) is 33.4. The number of hydrogen-bond acceptors (Lipinski definition) is 12. The van der Waals surface area contributed by atoms with Crippen molar-refractivity contribution >= 4 is 79.8 Å². The number of aromatic nitrogens is 4. The van der Waals surface area contributed by atoms with E-state index in [-0.39, 0.29) is 21.4 Å². The molecule has 0 aliphatic rings. The first-order chi connectivity index (χ1) is 27.9. The lowest BCUT2D eigenvalue weighted by Gasteiger charge is -2.33. The number of ether oxygens (including phenoxy) is 2. The van der Waals surface area contributed by atoms with E-state index in [1.165, 1.54) is 24.8 Å². The molecule has 0 unspecified atom stereocenters. The normalized spacial score (nSPS) is 11.6. The fourth-order valence-corrected chi connectivity index (χ4v) is 5.95. The van der Waals surface area contributed by atoms with Crippen molar-refractivity contribution in [2.75, 3.05) is 31.9 Å². The van der Waals surface area contributed by atoms with E-state index in [1.807, 2.05) is 17.0 Å². The second-order valence-electron chi connectivity index (χ2n) is 14.4. The van der Waals surface area contributed by atoms with Gasteiger partial charge in [0.2, 0.25) is 11.8 Å². The molecule has 6 aromatic rings. The summed E-state index contributed by atoms with van der Waals surface area (Å²) in [4.78, 5) is 42.3. The number of anilines is 4. The first-order valence-corrected chi connectivity index (χ1v) is 18.7. The Morgan fingerprint density at radius 1 is 0.729 bits per heavy atom. The molecule has 0 spiro atoms. The maximum Gasteiger partial charge on any atom is 0.237 e. The maximum atomic E-state index is 14.4. The molecule has 310 valence electrons. The van der Waals surface area contributed by atoms with Crippen LogP contribution in [0.3, 0.4) is 0 Å². The number of carbonyl (C=O) groups is 2. The number of amides is 2. The molecule has 0 bridgehead atoms. The maximum absolute atomic E-state index is 14.4. The minimum absolute atomic E-state index is 0.00797. The number of nitrogens with two attached hydrogens (primary N) is 2. The zero-order valence-corrected chi connectivity index (χ0v) is 34.9. The van der Waals surface area contributed by atoms with Gasteiger partial charge in [-0.25, -0.2) is 28.7 Å². The molecular weight excluding hydrogens is 805 g/mol. The van der Waals surface area contributed by atoms with Gasteiger partial charge < -0.3 is 31.6 Å². The number of primary amides is 2. The third-order valence-electron chi connectivity index (χ3n) is 9.79. The molecule has 2 amide bonds. The fourth-order valence-electron chi connectivity index (χ4n) is 5.60. The highest BCUT2D eigenvalue weighted by molar-refractivity contribution is 6.31. The van der Waals surface area contributed by atoms with Crippen LogP contribution in [0.2, 0.25) is 10.0 Å². The van der Waals surface area contributed by atoms with Gasteiger partial charge in [-0.3, -0.25) is 19.8 Å². The molecule has 14 nitrogen and oxygen atoms in total. The van der Waals surface area contributed by atoms with Gasteiger partial charge in [-0.15, -0.1) is 0 Å². The van der Waals surface area contributed by atoms with Gasteiger partial charge in [0.25, 0.3) is 0 Å². The Bertz CT molecular complexity index is 2530. The molecule has 59 heavy (non-hydrogen) atoms. The van der Waals surface area contributed by atoms with Crippen molar-refractivity contribution < 1.29 is 27.8 Å². The van der Waals surface area contributed by atoms with E-state index in [0.29, 0.717) is 58.0 Å². The number of nitrogens with one attached hydrogen (secondary N) is 3. The fraction of sp³-hybridized carbons (Fsp3) is 0.268. The molecule has 0 aliphatic heterocycles. The number of carbonyl (C=O) groups excluding carboxylic acids is 2. The summed E-state index contributed by atoms with van der Waals surface area (Å²) in [5.74, 6) is -0.0263. The quantitative estimate of drug-likeness (QED) is 0.0730. The molecule has 6 rings (SSSR count). The van der Waals surface area contributed by atoms with E-state index in [9.17, 15) is 18.4 Å². The highest BCUT2D eigenvalue weighted by atomic mass is 35.5. The van der Waals surface area contributed by atoms with Gasteiger partial charge >= 0.3 is 0 Å². The second-order valence-corrected chi connectivity index (χ2v) is 15.2. The Hall–Kier alpha value is -5.94. The summed E-state index contributed by atoms with van der Waals surface area (Å²) in [6, 6.07) is 16.6. The Kier molecular flexibility index (Phi) is 13.7. The summed E-state index contributed by atoms with van der Waals surface area (Å²) in [5.41, 5.74) is 12.4. The van der Waals surface area contributed by atoms with Crippen molar-refractivity contribution in [1.29, 1.82) is 0 Å². The van der Waals surface area contributed by atoms with Crippen molar-refractivity contribution in [1.82, 2.24) is 30.2 Å². The lowest BCUT2D eigenvalue weighted by atomic mass is 10.0. The van der Waals surface area contributed by atoms with Gasteiger partial charge in [-0.1, -0.05) is 35.3 Å². The van der Waals surface area contributed by atoms with Gasteiger partial charge in [-0.2, -0.15) is 0 Å². The number of nitrogens with zero attached hydrogens (tertiary/aromatic N) is 5. The summed E-state index contributed by atoms with van der Waals surface area (Å²) < 4.78 is 39.6. The number of benzene rings is 4. The monoisotopic (exact) mass is 848 g/mol. The Balaban J connectivity index is 0.000000224. The number of rotatable bonds is 14. The smallest absolute Gasteiger partial charge is 0.237 e. The Morgan fingerprint density at radius 2 is 1.19 bits per heavy atom. The van der Waals surface area contributed by atoms with Gasteiger partial charge in [-0.05, 0) is 71.1 Å². The SMILES string of the molecule is COc1cc2ncnc(Nc3cccc(Cl)c3F)c2cc1CN(C)C(C)(C)C(N)=O.COc1cc2ncnc(Nc3cccc(Cl)c3F)c2cc1CNC(C)(C)C(N)=O. The Morgan fingerprint density at radius 3 is 1.63 bits per heavy atom. The van der Waals surface area contributed by atoms with E-state index < -0.39 is 34.5 Å². The minimum atomic E-state index is -0.905. The van der Waals surface area contributed by atoms with Crippen molar-refractivity contribution in [3.63, 3.8) is 0 Å². The van der Waals surface area contributed by atoms with Gasteiger partial charge in [0, 0.05) is 47.1 Å². The van der Waals surface area contributed by atoms with Crippen molar-refractivity contribution in [3.8, 4) is 11.5 Å². The van der Waals surface area contributed by atoms with E-state index >= 15 is 0 Å². The van der Waals surface area contributed by atoms with Crippen molar-refractivity contribution in [2.24, 2.45) is 11.5 Å². The van der Waals surface area contributed by atoms with Crippen LogP contribution < -0.4 is 36.9 Å². The largest absolute Gasteiger partial charge is 0.496 e. The second kappa shape index (κ2) is 18.3. The van der Waals surface area contributed by atoms with Crippen molar-refractivity contribution in [3.05, 3.63) is 106 Å². The molecule has 2 aromatic heterocycles. The molecule has 18 heteroatoms. The van der Waals surface area contributed by atoms with Crippen LogP contribution in [0.1, 0.15) is 38.8 Å². The van der Waals surface area contributed by atoms with Crippen LogP contribution in [-0.4, -0.2) is 69.0 Å². The van der Waals surface area contributed by atoms with Crippen molar-refractivity contribution in [2.45, 2.75) is 51.9 Å². The summed E-state index contributed by atoms with van der Waals surface area (Å²) in [6.07, 6.45) is 2.76. The summed E-state index contributed by atoms with van der Waals surface area (Å²) in [6.45, 7) is 7.59. The number of fused-ring (bicyclic) bond motifs is 2. The van der Waals surface area contributed by atoms with E-state index in [1.54, 1.807) is 85.4 Å². The molecule has 4 aromatic carbocycles. The van der Waals surface area contributed by atoms with Crippen LogP contribution in [0.15, 0.2) is 73.3 Å². The van der Waals surface area contributed by atoms with Crippen LogP contribution in [0.4, 0.5) is 31.8 Å². The lowest BCUT2D eigenvalue weighted by Crippen LogP contribution is -2.51. The third kappa shape index (κ3) is 10.0. The molecule has 0 radical (unpaired) electrons. The Labute approximate surface area is 349 Å². The molecule has 0 saturated heterocycles. The zero-order chi connectivity index (χ0) is 43.2. The number of hydrogen-bond donors (Lipinski definition) is 5. The highest BCUT2D eigenvalue weighted by Crippen LogP contribution is 2.34. The standard InChI is InChI=1S/C21H23ClFN5O2.C20H21ClFN5O2/c1-21(2,20(24)29)28(3)10-12-8-13-16(9-17(12)30-4)25-11-26-19(13)27-15-7-5-6-14(22)18(15)23;1-20(2,19(23)28)26-9-11-7-12-15(8-16(11)29-3)24-10-25-18(12)27-14-6-4-5-13(21)17(14)22/h5-9,11H,10H2,1-4H3,(H2,24,29)(H,25,26,27);4-8,10,26H,9H2,1-3H3,(H2,23,28)(H,24,25,27). The highest BCUT2D eigenvalue weighted by Gasteiger charge is 2.31. The predicted molar refractivity (Wildman–Crippen MR) is 226 cm³/mol. The summed E-state index contributed by atoms with van der Waals surface area (Å²) in [5, 5.41) is 10.4. The van der Waals surface area contributed by atoms with Gasteiger partial charge in [0.05, 0.1) is 57.8 Å². The number of methoxy groups -OCH3 is 2. The summed E-state index contributed by atoms with van der Waals surface area (Å²) >= 11 is 11.7. The molecule has 0 aliphatic carbocycles. The topological polar surface area (TPSA) is 196 Å². The average molecular weight is 850 g/mol. The van der Waals surface area contributed by atoms with Crippen LogP contribution in [-0.2, 0) is 22.7 Å². The number of halogens is 4. The average Bonchev–Trinajstić information content (AvgIpc) is 3.20. The van der Waals surface area contributed by atoms with Gasteiger partial charge in [0.1, 0.15) is 35.8 Å². The lowest BCUT2D eigenvalue weighted by molar-refractivity contribution is -0.127. The number of likely N-dealkylation sites (N-methyl/N-ethyl adjacent to an activating group) is 1. The minimum Gasteiger partial charge on any atom is -0.496 e. The van der Waals surface area contributed by atoms with Gasteiger partial charge in [0.15, 0.2) is 11.6 Å². The molecule has 0 atom stereocenters. The first-order valence-electron chi connectivity index (χ1n) is 18.0. The molecular formula is C41H44Cl2F2N10O4. The molecule has 0 saturated carbocycles. The summed E-state index contributed by atoms with van der Waals surface area (Å²) in [7, 11) is 4.91. The van der Waals surface area contributed by atoms with Crippen LogP contribution in [0.25, 0.3) is 21.8 Å². The first kappa shape index (κ1) is 44.2. The van der Waals surface area contributed by atoms with E-state index in [2.05, 4.69) is 35.9 Å².